The van der Waals surface area contributed by atoms with Gasteiger partial charge in [0.25, 0.3) is 0 Å². The van der Waals surface area contributed by atoms with Crippen molar-refractivity contribution in [3.63, 3.8) is 0 Å². The van der Waals surface area contributed by atoms with Crippen molar-refractivity contribution in [2.75, 3.05) is 6.54 Å². The van der Waals surface area contributed by atoms with Gasteiger partial charge in [-0.3, -0.25) is 4.90 Å². The van der Waals surface area contributed by atoms with Crippen LogP contribution in [0.1, 0.15) is 23.9 Å². The molecule has 10 heteroatoms. The molecule has 0 amide bonds. The molecule has 176 valence electrons. The molecule has 3 heterocycles. The van der Waals surface area contributed by atoms with Gasteiger partial charge in [0.1, 0.15) is 35.7 Å². The second kappa shape index (κ2) is 8.69. The van der Waals surface area contributed by atoms with Gasteiger partial charge >= 0.3 is 0 Å². The number of halogens is 2. The molecule has 1 aliphatic heterocycles. The zero-order valence-electron chi connectivity index (χ0n) is 18.9. The molecule has 0 bridgehead atoms. The first-order chi connectivity index (χ1) is 16.3. The fourth-order valence-corrected chi connectivity index (χ4v) is 4.54. The summed E-state index contributed by atoms with van der Waals surface area (Å²) in [6.45, 7) is 5.37. The van der Waals surface area contributed by atoms with Crippen molar-refractivity contribution >= 4 is 0 Å². The van der Waals surface area contributed by atoms with Crippen LogP contribution in [0.4, 0.5) is 8.78 Å². The Hall–Kier alpha value is -3.50. The zero-order chi connectivity index (χ0) is 23.9. The quantitative estimate of drug-likeness (QED) is 0.471. The first-order valence-electron chi connectivity index (χ1n) is 11.1. The predicted molar refractivity (Wildman–Crippen MR) is 120 cm³/mol. The molecule has 34 heavy (non-hydrogen) atoms. The Balaban J connectivity index is 1.46. The van der Waals surface area contributed by atoms with Crippen molar-refractivity contribution in [2.24, 2.45) is 0 Å². The molecule has 5 rings (SSSR count). The van der Waals surface area contributed by atoms with Crippen LogP contribution >= 0.6 is 0 Å². The number of aromatic nitrogens is 6. The molecule has 2 aromatic heterocycles. The number of benzene rings is 2. The summed E-state index contributed by atoms with van der Waals surface area (Å²) in [6.07, 6.45) is 2.81. The molecule has 1 N–H and O–H groups in total. The topological polar surface area (TPSA) is 84.9 Å². The molecule has 0 fully saturated rings. The molecule has 0 radical (unpaired) electrons. The van der Waals surface area contributed by atoms with Gasteiger partial charge in [-0.15, -0.1) is 0 Å². The second-order valence-corrected chi connectivity index (χ2v) is 8.73. The van der Waals surface area contributed by atoms with Crippen molar-refractivity contribution in [2.45, 2.75) is 45.1 Å². The van der Waals surface area contributed by atoms with Crippen LogP contribution in [-0.4, -0.2) is 52.1 Å². The summed E-state index contributed by atoms with van der Waals surface area (Å²) in [4.78, 5) is 10.7. The Morgan fingerprint density at radius 3 is 2.74 bits per heavy atom. The highest BCUT2D eigenvalue weighted by Crippen LogP contribution is 2.34. The molecular weight excluding hydrogens is 440 g/mol. The summed E-state index contributed by atoms with van der Waals surface area (Å²) in [6, 6.07) is 10.7. The minimum Gasteiger partial charge on any atom is -0.381 e. The van der Waals surface area contributed by atoms with E-state index in [-0.39, 0.29) is 12.1 Å². The van der Waals surface area contributed by atoms with Crippen molar-refractivity contribution in [1.29, 1.82) is 0 Å². The van der Waals surface area contributed by atoms with Gasteiger partial charge in [-0.2, -0.15) is 10.2 Å². The minimum absolute atomic E-state index is 0.00406. The number of hydrogen-bond acceptors (Lipinski definition) is 6. The fourth-order valence-electron chi connectivity index (χ4n) is 4.54. The summed E-state index contributed by atoms with van der Waals surface area (Å²) < 4.78 is 31.8. The van der Waals surface area contributed by atoms with E-state index in [9.17, 15) is 13.9 Å². The lowest BCUT2D eigenvalue weighted by Crippen LogP contribution is -2.53. The maximum Gasteiger partial charge on any atom is 0.181 e. The number of nitrogens with zero attached hydrogens (tertiary/aromatic N) is 7. The molecule has 2 atom stereocenters. The Kier molecular flexibility index (Phi) is 5.70. The van der Waals surface area contributed by atoms with Crippen LogP contribution in [0.15, 0.2) is 55.1 Å². The van der Waals surface area contributed by atoms with E-state index in [2.05, 4.69) is 15.2 Å². The predicted octanol–water partition coefficient (Wildman–Crippen LogP) is 2.92. The number of aliphatic hydroxyl groups is 1. The normalized spacial score (nSPS) is 16.7. The summed E-state index contributed by atoms with van der Waals surface area (Å²) >= 11 is 0. The summed E-state index contributed by atoms with van der Waals surface area (Å²) in [5.41, 5.74) is 0.370. The maximum atomic E-state index is 14.9. The smallest absolute Gasteiger partial charge is 0.181 e. The van der Waals surface area contributed by atoms with Crippen LogP contribution in [0, 0.1) is 18.6 Å². The fraction of sp³-hybridized carbons (Fsp3) is 0.333. The third kappa shape index (κ3) is 4.10. The van der Waals surface area contributed by atoms with Crippen molar-refractivity contribution < 1.29 is 13.9 Å². The monoisotopic (exact) mass is 465 g/mol. The van der Waals surface area contributed by atoms with E-state index in [0.29, 0.717) is 25.5 Å². The van der Waals surface area contributed by atoms with Gasteiger partial charge in [0.05, 0.1) is 19.6 Å². The average molecular weight is 466 g/mol. The van der Waals surface area contributed by atoms with Crippen LogP contribution in [0.5, 0.6) is 0 Å². The minimum atomic E-state index is -1.70. The zero-order valence-corrected chi connectivity index (χ0v) is 18.9. The van der Waals surface area contributed by atoms with Gasteiger partial charge in [0, 0.05) is 29.8 Å². The molecule has 0 spiro atoms. The number of fused-ring (bicyclic) bond motifs is 1. The van der Waals surface area contributed by atoms with Gasteiger partial charge < -0.3 is 5.11 Å². The number of rotatable bonds is 6. The molecule has 0 saturated carbocycles. The lowest BCUT2D eigenvalue weighted by Gasteiger charge is -2.42. The van der Waals surface area contributed by atoms with E-state index in [1.807, 2.05) is 47.7 Å². The summed E-state index contributed by atoms with van der Waals surface area (Å²) in [7, 11) is 0. The molecule has 4 aromatic rings. The highest BCUT2D eigenvalue weighted by atomic mass is 19.1. The van der Waals surface area contributed by atoms with Crippen LogP contribution in [0.2, 0.25) is 0 Å². The molecular formula is C24H25F2N7O. The Morgan fingerprint density at radius 2 is 2.00 bits per heavy atom. The van der Waals surface area contributed by atoms with Gasteiger partial charge in [0.2, 0.25) is 0 Å². The largest absolute Gasteiger partial charge is 0.381 e. The lowest BCUT2D eigenvalue weighted by atomic mass is 9.85. The third-order valence-electron chi connectivity index (χ3n) is 6.47. The first kappa shape index (κ1) is 22.3. The molecule has 0 aliphatic carbocycles. The SMILES string of the molecule is Cc1cccc(-c2nc3n(n2)CCN(C(C)C(O)(Cn2cncn2)c2ccc(F)cc2F)C3)c1. The van der Waals surface area contributed by atoms with E-state index in [1.165, 1.54) is 23.4 Å². The number of aryl methyl sites for hydroxylation is 1. The molecule has 2 unspecified atom stereocenters. The van der Waals surface area contributed by atoms with Crippen LogP contribution < -0.4 is 0 Å². The Morgan fingerprint density at radius 1 is 1.15 bits per heavy atom. The average Bonchev–Trinajstić information content (AvgIpc) is 3.47. The van der Waals surface area contributed by atoms with E-state index < -0.39 is 23.3 Å². The van der Waals surface area contributed by atoms with Crippen LogP contribution in [-0.2, 0) is 25.2 Å². The van der Waals surface area contributed by atoms with E-state index in [1.54, 1.807) is 0 Å². The maximum absolute atomic E-state index is 14.9. The van der Waals surface area contributed by atoms with Crippen molar-refractivity contribution in [3.8, 4) is 11.4 Å². The Labute approximate surface area is 195 Å². The molecule has 2 aromatic carbocycles. The van der Waals surface area contributed by atoms with Gasteiger partial charge in [-0.1, -0.05) is 29.8 Å². The van der Waals surface area contributed by atoms with Gasteiger partial charge in [-0.25, -0.2) is 28.1 Å². The number of hydrogen-bond donors (Lipinski definition) is 1. The van der Waals surface area contributed by atoms with Crippen LogP contribution in [0.3, 0.4) is 0 Å². The van der Waals surface area contributed by atoms with E-state index in [4.69, 9.17) is 4.98 Å². The second-order valence-electron chi connectivity index (χ2n) is 8.73. The lowest BCUT2D eigenvalue weighted by molar-refractivity contribution is -0.0714. The van der Waals surface area contributed by atoms with Gasteiger partial charge in [-0.05, 0) is 26.0 Å². The first-order valence-corrected chi connectivity index (χ1v) is 11.1. The van der Waals surface area contributed by atoms with Crippen molar-refractivity contribution in [3.05, 3.63) is 83.7 Å². The van der Waals surface area contributed by atoms with Crippen LogP contribution in [0.25, 0.3) is 11.4 Å². The third-order valence-corrected chi connectivity index (χ3v) is 6.47. The summed E-state index contributed by atoms with van der Waals surface area (Å²) in [5.74, 6) is -0.101. The highest BCUT2D eigenvalue weighted by molar-refractivity contribution is 5.55. The highest BCUT2D eigenvalue weighted by Gasteiger charge is 2.43. The van der Waals surface area contributed by atoms with Gasteiger partial charge in [0.15, 0.2) is 5.82 Å². The van der Waals surface area contributed by atoms with E-state index >= 15 is 0 Å². The van der Waals surface area contributed by atoms with Crippen molar-refractivity contribution in [1.82, 2.24) is 34.4 Å². The molecule has 0 saturated heterocycles. The van der Waals surface area contributed by atoms with E-state index in [0.717, 1.165) is 29.1 Å². The standard InChI is InChI=1S/C24H25F2N7O/c1-16-4-3-5-18(10-16)23-29-22-12-31(8-9-33(22)30-23)17(2)24(34,13-32-15-27-14-28-32)20-7-6-19(25)11-21(20)26/h3-7,10-11,14-15,17,34H,8-9,12-13H2,1-2H3. The summed E-state index contributed by atoms with van der Waals surface area (Å²) in [5, 5.41) is 20.6. The molecule has 1 aliphatic rings. The Bertz CT molecular complexity index is 1310. The molecule has 8 nitrogen and oxygen atoms in total.